The number of anilines is 1. The fraction of sp³-hybridized carbons (Fsp3) is 0.400. The summed E-state index contributed by atoms with van der Waals surface area (Å²) in [6, 6.07) is 0. The summed E-state index contributed by atoms with van der Waals surface area (Å²) in [6.07, 6.45) is 7.32. The smallest absolute Gasteiger partial charge is 0.239 e. The predicted octanol–water partition coefficient (Wildman–Crippen LogP) is 0.576. The van der Waals surface area contributed by atoms with Crippen LogP contribution < -0.4 is 5.73 Å². The summed E-state index contributed by atoms with van der Waals surface area (Å²) in [4.78, 5) is 12.4. The third-order valence-electron chi connectivity index (χ3n) is 2.87. The molecule has 0 aliphatic carbocycles. The van der Waals surface area contributed by atoms with Crippen molar-refractivity contribution in [3.8, 4) is 0 Å². The molecular weight excluding hydrogens is 204 g/mol. The SMILES string of the molecule is Nc1nc2n(n1)CCCC2c1cncnc1. The lowest BCUT2D eigenvalue weighted by Gasteiger charge is -2.21. The largest absolute Gasteiger partial charge is 0.366 e. The highest BCUT2D eigenvalue weighted by Crippen LogP contribution is 2.31. The zero-order chi connectivity index (χ0) is 11.0. The average molecular weight is 216 g/mol. The summed E-state index contributed by atoms with van der Waals surface area (Å²) in [5.74, 6) is 1.50. The first-order chi connectivity index (χ1) is 7.84. The maximum atomic E-state index is 5.62. The molecule has 16 heavy (non-hydrogen) atoms. The number of nitrogen functional groups attached to an aromatic ring is 1. The molecule has 2 N–H and O–H groups in total. The van der Waals surface area contributed by atoms with Crippen LogP contribution in [-0.2, 0) is 6.54 Å². The average Bonchev–Trinajstić information content (AvgIpc) is 2.70. The van der Waals surface area contributed by atoms with E-state index >= 15 is 0 Å². The number of hydrogen-bond acceptors (Lipinski definition) is 5. The van der Waals surface area contributed by atoms with Gasteiger partial charge in [-0.25, -0.2) is 14.6 Å². The number of fused-ring (bicyclic) bond motifs is 1. The van der Waals surface area contributed by atoms with Crippen LogP contribution in [0, 0.1) is 0 Å². The Hall–Kier alpha value is -1.98. The first kappa shape index (κ1) is 9.26. The van der Waals surface area contributed by atoms with Crippen molar-refractivity contribution in [2.75, 3.05) is 5.73 Å². The molecule has 0 aromatic carbocycles. The van der Waals surface area contributed by atoms with Gasteiger partial charge in [-0.15, -0.1) is 5.10 Å². The lowest BCUT2D eigenvalue weighted by atomic mass is 9.93. The summed E-state index contributed by atoms with van der Waals surface area (Å²) < 4.78 is 1.89. The number of nitrogens with two attached hydrogens (primary N) is 1. The lowest BCUT2D eigenvalue weighted by molar-refractivity contribution is 0.445. The second kappa shape index (κ2) is 3.55. The molecule has 82 valence electrons. The minimum Gasteiger partial charge on any atom is -0.366 e. The Kier molecular flexibility index (Phi) is 2.05. The van der Waals surface area contributed by atoms with Crippen LogP contribution in [0.2, 0.25) is 0 Å². The van der Waals surface area contributed by atoms with E-state index in [-0.39, 0.29) is 5.92 Å². The number of aryl methyl sites for hydroxylation is 1. The molecule has 1 aliphatic rings. The van der Waals surface area contributed by atoms with Gasteiger partial charge in [0, 0.05) is 24.9 Å². The van der Waals surface area contributed by atoms with E-state index in [1.165, 1.54) is 6.33 Å². The van der Waals surface area contributed by atoms with Gasteiger partial charge in [-0.3, -0.25) is 0 Å². The van der Waals surface area contributed by atoms with E-state index in [0.29, 0.717) is 5.95 Å². The summed E-state index contributed by atoms with van der Waals surface area (Å²) in [5.41, 5.74) is 6.70. The number of hydrogen-bond donors (Lipinski definition) is 1. The van der Waals surface area contributed by atoms with Crippen LogP contribution in [0.25, 0.3) is 0 Å². The van der Waals surface area contributed by atoms with Crippen LogP contribution in [-0.4, -0.2) is 24.7 Å². The Morgan fingerprint density at radius 3 is 2.94 bits per heavy atom. The molecule has 1 atom stereocenters. The van der Waals surface area contributed by atoms with Crippen LogP contribution in [0.5, 0.6) is 0 Å². The van der Waals surface area contributed by atoms with Gasteiger partial charge in [-0.2, -0.15) is 4.98 Å². The Morgan fingerprint density at radius 1 is 1.31 bits per heavy atom. The van der Waals surface area contributed by atoms with E-state index in [1.807, 2.05) is 17.1 Å². The maximum Gasteiger partial charge on any atom is 0.239 e. The van der Waals surface area contributed by atoms with Crippen LogP contribution in [0.1, 0.15) is 30.1 Å². The van der Waals surface area contributed by atoms with Crippen LogP contribution in [0.15, 0.2) is 18.7 Å². The molecule has 3 rings (SSSR count). The molecule has 1 unspecified atom stereocenters. The zero-order valence-corrected chi connectivity index (χ0v) is 8.74. The maximum absolute atomic E-state index is 5.62. The van der Waals surface area contributed by atoms with Gasteiger partial charge in [0.25, 0.3) is 0 Å². The highest BCUT2D eigenvalue weighted by atomic mass is 15.4. The fourth-order valence-electron chi connectivity index (χ4n) is 2.18. The Balaban J connectivity index is 2.05. The Morgan fingerprint density at radius 2 is 2.12 bits per heavy atom. The topological polar surface area (TPSA) is 82.5 Å². The molecule has 0 bridgehead atoms. The first-order valence-corrected chi connectivity index (χ1v) is 5.30. The predicted molar refractivity (Wildman–Crippen MR) is 57.5 cm³/mol. The van der Waals surface area contributed by atoms with E-state index in [9.17, 15) is 0 Å². The van der Waals surface area contributed by atoms with Crippen molar-refractivity contribution in [1.29, 1.82) is 0 Å². The van der Waals surface area contributed by atoms with E-state index in [0.717, 1.165) is 30.8 Å². The summed E-state index contributed by atoms with van der Waals surface area (Å²) in [6.45, 7) is 0.893. The van der Waals surface area contributed by atoms with Crippen LogP contribution in [0.3, 0.4) is 0 Å². The van der Waals surface area contributed by atoms with Gasteiger partial charge in [-0.05, 0) is 18.4 Å². The van der Waals surface area contributed by atoms with Crippen molar-refractivity contribution in [2.24, 2.45) is 0 Å². The fourth-order valence-corrected chi connectivity index (χ4v) is 2.18. The Labute approximate surface area is 92.5 Å². The molecule has 3 heterocycles. The quantitative estimate of drug-likeness (QED) is 0.753. The van der Waals surface area contributed by atoms with E-state index in [2.05, 4.69) is 20.1 Å². The standard InChI is InChI=1S/C10H12N6/c11-10-14-9-8(2-1-3-16(9)15-10)7-4-12-6-13-5-7/h4-6,8H,1-3H2,(H2,11,15). The minimum absolute atomic E-state index is 0.222. The van der Waals surface area contributed by atoms with Crippen LogP contribution in [0.4, 0.5) is 5.95 Å². The Bertz CT molecular complexity index is 491. The highest BCUT2D eigenvalue weighted by molar-refractivity contribution is 5.25. The van der Waals surface area contributed by atoms with Crippen molar-refractivity contribution in [1.82, 2.24) is 24.7 Å². The third kappa shape index (κ3) is 1.42. The van der Waals surface area contributed by atoms with Crippen molar-refractivity contribution >= 4 is 5.95 Å². The van der Waals surface area contributed by atoms with Crippen molar-refractivity contribution in [2.45, 2.75) is 25.3 Å². The number of aromatic nitrogens is 5. The molecule has 0 saturated carbocycles. The first-order valence-electron chi connectivity index (χ1n) is 5.30. The summed E-state index contributed by atoms with van der Waals surface area (Å²) in [7, 11) is 0. The van der Waals surface area contributed by atoms with E-state index < -0.39 is 0 Å². The molecule has 1 aliphatic heterocycles. The highest BCUT2D eigenvalue weighted by Gasteiger charge is 2.25. The van der Waals surface area contributed by atoms with Gasteiger partial charge in [-0.1, -0.05) is 0 Å². The van der Waals surface area contributed by atoms with Gasteiger partial charge >= 0.3 is 0 Å². The molecule has 0 spiro atoms. The molecule has 6 heteroatoms. The van der Waals surface area contributed by atoms with Crippen molar-refractivity contribution in [3.63, 3.8) is 0 Å². The van der Waals surface area contributed by atoms with Gasteiger partial charge in [0.15, 0.2) is 0 Å². The normalized spacial score (nSPS) is 19.4. The molecule has 0 radical (unpaired) electrons. The number of rotatable bonds is 1. The van der Waals surface area contributed by atoms with Gasteiger partial charge in [0.05, 0.1) is 0 Å². The second-order valence-corrected chi connectivity index (χ2v) is 3.92. The van der Waals surface area contributed by atoms with Crippen molar-refractivity contribution in [3.05, 3.63) is 30.1 Å². The molecular formula is C10H12N6. The summed E-state index contributed by atoms with van der Waals surface area (Å²) >= 11 is 0. The van der Waals surface area contributed by atoms with Gasteiger partial charge in [0.2, 0.25) is 5.95 Å². The van der Waals surface area contributed by atoms with Gasteiger partial charge < -0.3 is 5.73 Å². The van der Waals surface area contributed by atoms with Crippen molar-refractivity contribution < 1.29 is 0 Å². The number of nitrogens with zero attached hydrogens (tertiary/aromatic N) is 5. The monoisotopic (exact) mass is 216 g/mol. The molecule has 2 aromatic heterocycles. The van der Waals surface area contributed by atoms with Gasteiger partial charge in [0.1, 0.15) is 12.2 Å². The molecule has 2 aromatic rings. The minimum atomic E-state index is 0.222. The summed E-state index contributed by atoms with van der Waals surface area (Å²) in [5, 5.41) is 4.17. The molecule has 0 saturated heterocycles. The van der Waals surface area contributed by atoms with E-state index in [4.69, 9.17) is 5.73 Å². The zero-order valence-electron chi connectivity index (χ0n) is 8.74. The third-order valence-corrected chi connectivity index (χ3v) is 2.87. The second-order valence-electron chi connectivity index (χ2n) is 3.92. The van der Waals surface area contributed by atoms with Crippen LogP contribution >= 0.6 is 0 Å². The molecule has 0 fully saturated rings. The lowest BCUT2D eigenvalue weighted by Crippen LogP contribution is -2.18. The van der Waals surface area contributed by atoms with E-state index in [1.54, 1.807) is 0 Å². The molecule has 6 nitrogen and oxygen atoms in total. The molecule has 0 amide bonds.